The quantitative estimate of drug-likeness (QED) is 0.789. The SMILES string of the molecule is CS[C@H]1CC[C@H](NC(=O)NCc2ccc(-c3ccn[nH]3)cc2)C1. The summed E-state index contributed by atoms with van der Waals surface area (Å²) in [6.45, 7) is 0.535. The second kappa shape index (κ2) is 7.55. The van der Waals surface area contributed by atoms with Crippen molar-refractivity contribution >= 4 is 17.8 Å². The second-order valence-corrected chi connectivity index (χ2v) is 7.00. The van der Waals surface area contributed by atoms with Crippen LogP contribution >= 0.6 is 11.8 Å². The van der Waals surface area contributed by atoms with Crippen LogP contribution in [0.3, 0.4) is 0 Å². The molecule has 5 nitrogen and oxygen atoms in total. The topological polar surface area (TPSA) is 69.8 Å². The number of urea groups is 1. The summed E-state index contributed by atoms with van der Waals surface area (Å²) in [5.41, 5.74) is 3.16. The monoisotopic (exact) mass is 330 g/mol. The van der Waals surface area contributed by atoms with E-state index < -0.39 is 0 Å². The lowest BCUT2D eigenvalue weighted by molar-refractivity contribution is 0.236. The number of carbonyl (C=O) groups excluding carboxylic acids is 1. The van der Waals surface area contributed by atoms with Crippen LogP contribution in [0.1, 0.15) is 24.8 Å². The maximum Gasteiger partial charge on any atom is 0.315 e. The molecule has 2 aromatic rings. The van der Waals surface area contributed by atoms with Crippen molar-refractivity contribution in [1.29, 1.82) is 0 Å². The van der Waals surface area contributed by atoms with Gasteiger partial charge >= 0.3 is 6.03 Å². The van der Waals surface area contributed by atoms with Crippen molar-refractivity contribution in [2.45, 2.75) is 37.1 Å². The smallest absolute Gasteiger partial charge is 0.315 e. The molecule has 0 unspecified atom stereocenters. The largest absolute Gasteiger partial charge is 0.335 e. The van der Waals surface area contributed by atoms with Crippen molar-refractivity contribution in [3.8, 4) is 11.3 Å². The van der Waals surface area contributed by atoms with Crippen molar-refractivity contribution in [3.63, 3.8) is 0 Å². The fourth-order valence-electron chi connectivity index (χ4n) is 2.92. The van der Waals surface area contributed by atoms with Gasteiger partial charge in [-0.3, -0.25) is 5.10 Å². The Morgan fingerprint density at radius 3 is 2.78 bits per heavy atom. The number of H-pyrrole nitrogens is 1. The summed E-state index contributed by atoms with van der Waals surface area (Å²) in [6, 6.07) is 10.3. The van der Waals surface area contributed by atoms with E-state index in [4.69, 9.17) is 0 Å². The molecule has 122 valence electrons. The molecular formula is C17H22N4OS. The highest BCUT2D eigenvalue weighted by Crippen LogP contribution is 2.28. The van der Waals surface area contributed by atoms with E-state index in [0.29, 0.717) is 17.8 Å². The second-order valence-electron chi connectivity index (χ2n) is 5.86. The molecule has 1 saturated carbocycles. The molecule has 1 aromatic carbocycles. The Kier molecular flexibility index (Phi) is 5.23. The van der Waals surface area contributed by atoms with Crippen molar-refractivity contribution in [1.82, 2.24) is 20.8 Å². The standard InChI is InChI=1S/C17H22N4OS/c1-23-15-7-6-14(10-15)20-17(22)18-11-12-2-4-13(5-3-12)16-8-9-19-21-16/h2-5,8-9,14-15H,6-7,10-11H2,1H3,(H,19,21)(H2,18,20,22)/t14-,15-/m0/s1. The average Bonchev–Trinajstić information content (AvgIpc) is 3.25. The lowest BCUT2D eigenvalue weighted by Crippen LogP contribution is -2.40. The van der Waals surface area contributed by atoms with E-state index in [1.165, 1.54) is 6.42 Å². The van der Waals surface area contributed by atoms with Crippen molar-refractivity contribution < 1.29 is 4.79 Å². The van der Waals surface area contributed by atoms with Gasteiger partial charge in [0.15, 0.2) is 0 Å². The minimum absolute atomic E-state index is 0.0746. The van der Waals surface area contributed by atoms with Gasteiger partial charge < -0.3 is 10.6 Å². The number of benzene rings is 1. The molecule has 0 bridgehead atoms. The number of nitrogens with zero attached hydrogens (tertiary/aromatic N) is 1. The van der Waals surface area contributed by atoms with Crippen LogP contribution in [-0.2, 0) is 6.54 Å². The first-order valence-electron chi connectivity index (χ1n) is 7.90. The summed E-state index contributed by atoms with van der Waals surface area (Å²) in [5, 5.41) is 13.6. The van der Waals surface area contributed by atoms with Crippen LogP contribution in [-0.4, -0.2) is 33.8 Å². The zero-order valence-electron chi connectivity index (χ0n) is 13.2. The summed E-state index contributed by atoms with van der Waals surface area (Å²) in [6.07, 6.45) is 7.23. The molecule has 0 saturated heterocycles. The van der Waals surface area contributed by atoms with Crippen molar-refractivity contribution in [3.05, 3.63) is 42.1 Å². The molecule has 2 amide bonds. The van der Waals surface area contributed by atoms with Gasteiger partial charge in [-0.25, -0.2) is 4.79 Å². The van der Waals surface area contributed by atoms with E-state index in [0.717, 1.165) is 29.7 Å². The first-order chi connectivity index (χ1) is 11.2. The van der Waals surface area contributed by atoms with E-state index in [9.17, 15) is 4.79 Å². The van der Waals surface area contributed by atoms with Crippen molar-refractivity contribution in [2.24, 2.45) is 0 Å². The van der Waals surface area contributed by atoms with Crippen LogP contribution in [0, 0.1) is 0 Å². The number of thioether (sulfide) groups is 1. The predicted octanol–water partition coefficient (Wildman–Crippen LogP) is 3.16. The summed E-state index contributed by atoms with van der Waals surface area (Å²) in [4.78, 5) is 12.0. The molecule has 0 spiro atoms. The number of nitrogens with one attached hydrogen (secondary N) is 3. The van der Waals surface area contributed by atoms with Crippen LogP contribution in [0.4, 0.5) is 4.79 Å². The number of hydrogen-bond acceptors (Lipinski definition) is 3. The summed E-state index contributed by atoms with van der Waals surface area (Å²) in [7, 11) is 0. The number of rotatable bonds is 5. The molecule has 1 fully saturated rings. The Balaban J connectivity index is 1.46. The Bertz CT molecular complexity index is 627. The number of hydrogen-bond donors (Lipinski definition) is 3. The number of carbonyl (C=O) groups is 1. The molecule has 6 heteroatoms. The highest BCUT2D eigenvalue weighted by Gasteiger charge is 2.24. The van der Waals surface area contributed by atoms with E-state index in [1.807, 2.05) is 42.1 Å². The van der Waals surface area contributed by atoms with Crippen molar-refractivity contribution in [2.75, 3.05) is 6.26 Å². The van der Waals surface area contributed by atoms with Gasteiger partial charge in [0, 0.05) is 24.0 Å². The van der Waals surface area contributed by atoms with Gasteiger partial charge in [-0.15, -0.1) is 0 Å². The van der Waals surface area contributed by atoms with Gasteiger partial charge in [0.2, 0.25) is 0 Å². The molecule has 1 aliphatic carbocycles. The van der Waals surface area contributed by atoms with E-state index >= 15 is 0 Å². The lowest BCUT2D eigenvalue weighted by Gasteiger charge is -2.14. The van der Waals surface area contributed by atoms with E-state index in [-0.39, 0.29) is 6.03 Å². The third-order valence-corrected chi connectivity index (χ3v) is 5.37. The van der Waals surface area contributed by atoms with Gasteiger partial charge in [0.25, 0.3) is 0 Å². The molecule has 1 aromatic heterocycles. The molecule has 0 aliphatic heterocycles. The Labute approximate surface area is 140 Å². The minimum atomic E-state index is -0.0746. The lowest BCUT2D eigenvalue weighted by atomic mass is 10.1. The predicted molar refractivity (Wildman–Crippen MR) is 94.3 cm³/mol. The van der Waals surface area contributed by atoms with Gasteiger partial charge in [-0.1, -0.05) is 24.3 Å². The third kappa shape index (κ3) is 4.28. The fourth-order valence-corrected chi connectivity index (χ4v) is 3.72. The first-order valence-corrected chi connectivity index (χ1v) is 9.19. The fraction of sp³-hybridized carbons (Fsp3) is 0.412. The van der Waals surface area contributed by atoms with Crippen LogP contribution in [0.2, 0.25) is 0 Å². The summed E-state index contributed by atoms with van der Waals surface area (Å²) in [5.74, 6) is 0. The normalized spacial score (nSPS) is 20.4. The number of aromatic nitrogens is 2. The Hall–Kier alpha value is -1.95. The molecule has 0 radical (unpaired) electrons. The van der Waals surface area contributed by atoms with Gasteiger partial charge in [0.1, 0.15) is 0 Å². The molecule has 1 aliphatic rings. The van der Waals surface area contributed by atoms with Crippen LogP contribution in [0.15, 0.2) is 36.5 Å². The van der Waals surface area contributed by atoms with Crippen LogP contribution in [0.5, 0.6) is 0 Å². The Morgan fingerprint density at radius 1 is 1.30 bits per heavy atom. The average molecular weight is 330 g/mol. The molecular weight excluding hydrogens is 308 g/mol. The molecule has 23 heavy (non-hydrogen) atoms. The minimum Gasteiger partial charge on any atom is -0.335 e. The van der Waals surface area contributed by atoms with Crippen LogP contribution < -0.4 is 10.6 Å². The maximum atomic E-state index is 12.0. The summed E-state index contributed by atoms with van der Waals surface area (Å²) >= 11 is 1.89. The van der Waals surface area contributed by atoms with Gasteiger partial charge in [-0.05, 0) is 42.7 Å². The van der Waals surface area contributed by atoms with Gasteiger partial charge in [0.05, 0.1) is 5.69 Å². The zero-order chi connectivity index (χ0) is 16.1. The van der Waals surface area contributed by atoms with Crippen LogP contribution in [0.25, 0.3) is 11.3 Å². The Morgan fingerprint density at radius 2 is 2.13 bits per heavy atom. The third-order valence-electron chi connectivity index (χ3n) is 4.27. The molecule has 1 heterocycles. The van der Waals surface area contributed by atoms with E-state index in [1.54, 1.807) is 6.20 Å². The number of aromatic amines is 1. The molecule has 3 N–H and O–H groups in total. The first kappa shape index (κ1) is 15.9. The molecule has 3 rings (SSSR count). The molecule has 2 atom stereocenters. The van der Waals surface area contributed by atoms with Gasteiger partial charge in [-0.2, -0.15) is 16.9 Å². The van der Waals surface area contributed by atoms with E-state index in [2.05, 4.69) is 27.1 Å². The highest BCUT2D eigenvalue weighted by atomic mass is 32.2. The maximum absolute atomic E-state index is 12.0. The summed E-state index contributed by atoms with van der Waals surface area (Å²) < 4.78 is 0. The zero-order valence-corrected chi connectivity index (χ0v) is 14.0. The number of amides is 2. The highest BCUT2D eigenvalue weighted by molar-refractivity contribution is 7.99.